The number of halogens is 1. The summed E-state index contributed by atoms with van der Waals surface area (Å²) in [4.78, 5) is 49.7. The summed E-state index contributed by atoms with van der Waals surface area (Å²) in [7, 11) is 0. The zero-order chi connectivity index (χ0) is 25.0. The Hall–Kier alpha value is -2.77. The van der Waals surface area contributed by atoms with Crippen LogP contribution in [-0.2, 0) is 35.1 Å². The first-order chi connectivity index (χ1) is 17.0. The summed E-state index contributed by atoms with van der Waals surface area (Å²) in [6, 6.07) is 4.25. The normalized spacial score (nSPS) is 16.9. The van der Waals surface area contributed by atoms with Gasteiger partial charge in [-0.05, 0) is 30.2 Å². The second-order valence-corrected chi connectivity index (χ2v) is 7.98. The third-order valence-electron chi connectivity index (χ3n) is 5.44. The zero-order valence-corrected chi connectivity index (χ0v) is 20.8. The van der Waals surface area contributed by atoms with Gasteiger partial charge in [0.1, 0.15) is 11.8 Å². The van der Waals surface area contributed by atoms with Crippen molar-refractivity contribution < 1.29 is 38.1 Å². The van der Waals surface area contributed by atoms with E-state index >= 15 is 0 Å². The van der Waals surface area contributed by atoms with E-state index in [9.17, 15) is 19.2 Å². The molecule has 4 N–H and O–H groups in total. The molecule has 0 aliphatic carbocycles. The SMILES string of the molecule is Cl.NCCOCCOCCOCCNC(=O)COc1ccc2c(c1)CN(C1CCC(=O)NC1=O)C2=O. The van der Waals surface area contributed by atoms with E-state index < -0.39 is 11.9 Å². The van der Waals surface area contributed by atoms with E-state index in [-0.39, 0.29) is 49.7 Å². The Labute approximate surface area is 215 Å². The second kappa shape index (κ2) is 15.4. The molecular formula is C23H33ClN4O8. The van der Waals surface area contributed by atoms with Gasteiger partial charge in [0.05, 0.1) is 39.6 Å². The Bertz CT molecular complexity index is 916. The Kier molecular flexibility index (Phi) is 12.6. The molecule has 12 nitrogen and oxygen atoms in total. The van der Waals surface area contributed by atoms with Gasteiger partial charge in [-0.15, -0.1) is 12.4 Å². The molecule has 0 aromatic heterocycles. The molecule has 2 aliphatic heterocycles. The van der Waals surface area contributed by atoms with Crippen molar-refractivity contribution in [2.75, 3.05) is 59.3 Å². The topological polar surface area (TPSA) is 159 Å². The Morgan fingerprint density at radius 3 is 2.44 bits per heavy atom. The molecule has 1 aromatic rings. The molecule has 13 heteroatoms. The molecule has 1 unspecified atom stereocenters. The van der Waals surface area contributed by atoms with Crippen LogP contribution in [0.5, 0.6) is 5.75 Å². The lowest BCUT2D eigenvalue weighted by atomic mass is 10.0. The molecule has 1 aromatic carbocycles. The number of rotatable bonds is 15. The number of nitrogens with two attached hydrogens (primary N) is 1. The van der Waals surface area contributed by atoms with Gasteiger partial charge in [-0.25, -0.2) is 0 Å². The highest BCUT2D eigenvalue weighted by Crippen LogP contribution is 2.30. The van der Waals surface area contributed by atoms with E-state index in [1.54, 1.807) is 18.2 Å². The number of carbonyl (C=O) groups excluding carboxylic acids is 4. The fourth-order valence-corrected chi connectivity index (χ4v) is 3.73. The Morgan fingerprint density at radius 1 is 1.06 bits per heavy atom. The maximum Gasteiger partial charge on any atom is 0.258 e. The number of hydrogen-bond acceptors (Lipinski definition) is 9. The van der Waals surface area contributed by atoms with Crippen molar-refractivity contribution >= 4 is 36.0 Å². The summed E-state index contributed by atoms with van der Waals surface area (Å²) in [6.07, 6.45) is 0.499. The maximum atomic E-state index is 12.7. The van der Waals surface area contributed by atoms with E-state index in [1.807, 2.05) is 0 Å². The number of fused-ring (bicyclic) bond motifs is 1. The zero-order valence-electron chi connectivity index (χ0n) is 20.0. The standard InChI is InChI=1S/C23H32N4O8.ClH/c24-5-7-32-9-11-34-12-10-33-8-6-25-21(29)15-35-17-1-2-18-16(13-17)14-27(23(18)31)19-3-4-20(28)26-22(19)30;/h1-2,13,19H,3-12,14-15,24H2,(H,25,29)(H,26,28,30);1H. The third kappa shape index (κ3) is 8.71. The number of hydrogen-bond donors (Lipinski definition) is 3. The van der Waals surface area contributed by atoms with Crippen LogP contribution in [0, 0.1) is 0 Å². The second-order valence-electron chi connectivity index (χ2n) is 7.98. The third-order valence-corrected chi connectivity index (χ3v) is 5.44. The van der Waals surface area contributed by atoms with Gasteiger partial charge >= 0.3 is 0 Å². The van der Waals surface area contributed by atoms with Crippen LogP contribution >= 0.6 is 12.4 Å². The smallest absolute Gasteiger partial charge is 0.258 e. The first kappa shape index (κ1) is 29.5. The molecule has 200 valence electrons. The lowest BCUT2D eigenvalue weighted by molar-refractivity contribution is -0.137. The highest BCUT2D eigenvalue weighted by molar-refractivity contribution is 6.05. The summed E-state index contributed by atoms with van der Waals surface area (Å²) < 4.78 is 21.4. The number of nitrogens with one attached hydrogen (secondary N) is 2. The molecular weight excluding hydrogens is 496 g/mol. The molecule has 0 spiro atoms. The van der Waals surface area contributed by atoms with Gasteiger partial charge < -0.3 is 34.9 Å². The molecule has 3 rings (SSSR count). The summed E-state index contributed by atoms with van der Waals surface area (Å²) >= 11 is 0. The van der Waals surface area contributed by atoms with Crippen LogP contribution in [0.3, 0.4) is 0 Å². The van der Waals surface area contributed by atoms with Crippen molar-refractivity contribution in [3.8, 4) is 5.75 Å². The van der Waals surface area contributed by atoms with Crippen molar-refractivity contribution in [3.05, 3.63) is 29.3 Å². The number of ether oxygens (including phenoxy) is 4. The lowest BCUT2D eigenvalue weighted by Crippen LogP contribution is -2.52. The molecule has 0 saturated carbocycles. The lowest BCUT2D eigenvalue weighted by Gasteiger charge is -2.29. The number of benzene rings is 1. The maximum absolute atomic E-state index is 12.7. The van der Waals surface area contributed by atoms with E-state index in [2.05, 4.69) is 10.6 Å². The summed E-state index contributed by atoms with van der Waals surface area (Å²) in [6.45, 7) is 3.54. The van der Waals surface area contributed by atoms with E-state index in [4.69, 9.17) is 24.7 Å². The molecule has 1 fully saturated rings. The number of imide groups is 1. The molecule has 1 saturated heterocycles. The minimum absolute atomic E-state index is 0. The average Bonchev–Trinajstić information content (AvgIpc) is 3.16. The molecule has 0 bridgehead atoms. The minimum Gasteiger partial charge on any atom is -0.484 e. The summed E-state index contributed by atoms with van der Waals surface area (Å²) in [5, 5.41) is 4.98. The fourth-order valence-electron chi connectivity index (χ4n) is 3.73. The molecule has 0 radical (unpaired) electrons. The predicted molar refractivity (Wildman–Crippen MR) is 130 cm³/mol. The van der Waals surface area contributed by atoms with Crippen molar-refractivity contribution in [2.24, 2.45) is 5.73 Å². The molecule has 4 amide bonds. The van der Waals surface area contributed by atoms with Crippen molar-refractivity contribution in [3.63, 3.8) is 0 Å². The van der Waals surface area contributed by atoms with Crippen LogP contribution in [0.4, 0.5) is 0 Å². The largest absolute Gasteiger partial charge is 0.484 e. The Balaban J connectivity index is 0.00000456. The van der Waals surface area contributed by atoms with Gasteiger partial charge in [0.25, 0.3) is 11.8 Å². The highest BCUT2D eigenvalue weighted by atomic mass is 35.5. The van der Waals surface area contributed by atoms with E-state index in [0.717, 1.165) is 0 Å². The molecule has 2 heterocycles. The number of nitrogens with zero attached hydrogens (tertiary/aromatic N) is 1. The molecule has 2 aliphatic rings. The van der Waals surface area contributed by atoms with Gasteiger partial charge in [-0.3, -0.25) is 24.5 Å². The van der Waals surface area contributed by atoms with E-state index in [1.165, 1.54) is 4.90 Å². The van der Waals surface area contributed by atoms with Gasteiger partial charge in [0.2, 0.25) is 11.8 Å². The number of amides is 4. The fraction of sp³-hybridized carbons (Fsp3) is 0.565. The number of piperidine rings is 1. The molecule has 1 atom stereocenters. The van der Waals surface area contributed by atoms with Crippen LogP contribution in [-0.4, -0.2) is 93.9 Å². The van der Waals surface area contributed by atoms with Crippen molar-refractivity contribution in [1.29, 1.82) is 0 Å². The van der Waals surface area contributed by atoms with Crippen molar-refractivity contribution in [2.45, 2.75) is 25.4 Å². The van der Waals surface area contributed by atoms with E-state index in [0.29, 0.717) is 76.0 Å². The van der Waals surface area contributed by atoms with Gasteiger partial charge in [-0.1, -0.05) is 0 Å². The highest BCUT2D eigenvalue weighted by Gasteiger charge is 2.39. The van der Waals surface area contributed by atoms with Crippen molar-refractivity contribution in [1.82, 2.24) is 15.5 Å². The minimum atomic E-state index is -0.674. The van der Waals surface area contributed by atoms with Crippen LogP contribution < -0.4 is 21.1 Å². The number of carbonyl (C=O) groups is 4. The van der Waals surface area contributed by atoms with Crippen LogP contribution in [0.2, 0.25) is 0 Å². The van der Waals surface area contributed by atoms with Crippen LogP contribution in [0.1, 0.15) is 28.8 Å². The average molecular weight is 529 g/mol. The first-order valence-corrected chi connectivity index (χ1v) is 11.6. The summed E-state index contributed by atoms with van der Waals surface area (Å²) in [5.74, 6) is -0.904. The van der Waals surface area contributed by atoms with Crippen LogP contribution in [0.25, 0.3) is 0 Å². The predicted octanol–water partition coefficient (Wildman–Crippen LogP) is -0.627. The van der Waals surface area contributed by atoms with Gasteiger partial charge in [0, 0.05) is 31.6 Å². The monoisotopic (exact) mass is 528 g/mol. The quantitative estimate of drug-likeness (QED) is 0.199. The van der Waals surface area contributed by atoms with Gasteiger partial charge in [-0.2, -0.15) is 0 Å². The Morgan fingerprint density at radius 2 is 1.75 bits per heavy atom. The van der Waals surface area contributed by atoms with Crippen LogP contribution in [0.15, 0.2) is 18.2 Å². The first-order valence-electron chi connectivity index (χ1n) is 11.6. The molecule has 36 heavy (non-hydrogen) atoms. The summed E-state index contributed by atoms with van der Waals surface area (Å²) in [5.41, 5.74) is 6.50. The van der Waals surface area contributed by atoms with Gasteiger partial charge in [0.15, 0.2) is 6.61 Å².